The van der Waals surface area contributed by atoms with Crippen LogP contribution in [0.2, 0.25) is 0 Å². The van der Waals surface area contributed by atoms with Gasteiger partial charge in [-0.15, -0.1) is 0 Å². The van der Waals surface area contributed by atoms with Gasteiger partial charge in [-0.2, -0.15) is 0 Å². The lowest BCUT2D eigenvalue weighted by Crippen LogP contribution is -2.03. The van der Waals surface area contributed by atoms with E-state index in [1.807, 2.05) is 0 Å². The molecule has 0 aromatic heterocycles. The van der Waals surface area contributed by atoms with Crippen LogP contribution >= 0.6 is 0 Å². The fraction of sp³-hybridized carbons (Fsp3) is 1.00. The van der Waals surface area contributed by atoms with Crippen molar-refractivity contribution in [1.29, 1.82) is 0 Å². The van der Waals surface area contributed by atoms with Gasteiger partial charge in [0.2, 0.25) is 0 Å². The van der Waals surface area contributed by atoms with E-state index < -0.39 is 6.10 Å². The van der Waals surface area contributed by atoms with Crippen molar-refractivity contribution in [3.63, 3.8) is 0 Å². The van der Waals surface area contributed by atoms with Gasteiger partial charge in [-0.25, -0.2) is 0 Å². The van der Waals surface area contributed by atoms with E-state index >= 15 is 0 Å². The summed E-state index contributed by atoms with van der Waals surface area (Å²) in [5.74, 6) is 0. The van der Waals surface area contributed by atoms with Crippen molar-refractivity contribution >= 4 is 0 Å². The van der Waals surface area contributed by atoms with Crippen molar-refractivity contribution in [3.05, 3.63) is 0 Å². The number of epoxide rings is 1. The highest BCUT2D eigenvalue weighted by Crippen LogP contribution is 2.10. The average Bonchev–Trinajstić information content (AvgIpc) is 2.70. The minimum Gasteiger partial charge on any atom is -0.394 e. The second kappa shape index (κ2) is 5.65. The molecule has 3 nitrogen and oxygen atoms in total. The second-order valence-corrected chi connectivity index (χ2v) is 2.40. The van der Waals surface area contributed by atoms with Crippen LogP contribution in [0.25, 0.3) is 0 Å². The Bertz CT molecular complexity index is 67.3. The Balaban J connectivity index is 0.000000162. The van der Waals surface area contributed by atoms with Crippen LogP contribution < -0.4 is 0 Å². The first-order chi connectivity index (χ1) is 4.70. The fourth-order valence-electron chi connectivity index (χ4n) is 0.304. The molecule has 1 fully saturated rings. The molecule has 0 radical (unpaired) electrons. The Hall–Kier alpha value is -0.120. The number of hydrogen-bond acceptors (Lipinski definition) is 3. The summed E-state index contributed by atoms with van der Waals surface area (Å²) in [7, 11) is 0. The number of rotatable bonds is 2. The van der Waals surface area contributed by atoms with Crippen molar-refractivity contribution in [3.8, 4) is 0 Å². The third-order valence-corrected chi connectivity index (χ3v) is 1.12. The minimum atomic E-state index is -0.560. The van der Waals surface area contributed by atoms with E-state index in [4.69, 9.17) is 14.9 Å². The van der Waals surface area contributed by atoms with E-state index in [1.54, 1.807) is 0 Å². The van der Waals surface area contributed by atoms with Gasteiger partial charge in [0.25, 0.3) is 0 Å². The lowest BCUT2D eigenvalue weighted by Gasteiger charge is -1.90. The summed E-state index contributed by atoms with van der Waals surface area (Å²) in [6.45, 7) is 4.54. The van der Waals surface area contributed by atoms with Crippen molar-refractivity contribution in [2.45, 2.75) is 32.5 Å². The summed E-state index contributed by atoms with van der Waals surface area (Å²) in [5.41, 5.74) is 0. The molecule has 1 aliphatic heterocycles. The molecule has 1 rings (SSSR count). The van der Waals surface area contributed by atoms with Crippen LogP contribution in [0.4, 0.5) is 0 Å². The number of ether oxygens (including phenoxy) is 1. The molecule has 0 aromatic carbocycles. The van der Waals surface area contributed by atoms with Crippen LogP contribution in [0.5, 0.6) is 0 Å². The summed E-state index contributed by atoms with van der Waals surface area (Å²) in [5, 5.41) is 16.0. The zero-order valence-electron chi connectivity index (χ0n) is 6.58. The molecule has 0 aliphatic carbocycles. The van der Waals surface area contributed by atoms with Crippen LogP contribution in [0.3, 0.4) is 0 Å². The first kappa shape index (κ1) is 9.88. The highest BCUT2D eigenvalue weighted by Gasteiger charge is 2.18. The van der Waals surface area contributed by atoms with Crippen LogP contribution in [0, 0.1) is 0 Å². The number of hydrogen-bond donors (Lipinski definition) is 2. The van der Waals surface area contributed by atoms with Crippen LogP contribution in [-0.4, -0.2) is 35.6 Å². The van der Waals surface area contributed by atoms with E-state index in [-0.39, 0.29) is 6.61 Å². The smallest absolute Gasteiger partial charge is 0.0807 e. The molecule has 2 atom stereocenters. The Kier molecular flexibility index (Phi) is 5.58. The fourth-order valence-corrected chi connectivity index (χ4v) is 0.304. The molecule has 0 aromatic rings. The zero-order chi connectivity index (χ0) is 7.98. The van der Waals surface area contributed by atoms with Gasteiger partial charge in [0.15, 0.2) is 0 Å². The molecule has 2 unspecified atom stereocenters. The predicted octanol–water partition coefficient (Wildman–Crippen LogP) is 0.155. The van der Waals surface area contributed by atoms with E-state index in [9.17, 15) is 0 Å². The Morgan fingerprint density at radius 3 is 2.10 bits per heavy atom. The summed E-state index contributed by atoms with van der Waals surface area (Å²) in [6.07, 6.45) is 1.27. The topological polar surface area (TPSA) is 53.0 Å². The molecule has 0 saturated carbocycles. The molecule has 0 bridgehead atoms. The third kappa shape index (κ3) is 7.88. The predicted molar refractivity (Wildman–Crippen MR) is 38.8 cm³/mol. The molecule has 0 spiro atoms. The Morgan fingerprint density at radius 2 is 2.10 bits per heavy atom. The Morgan fingerprint density at radius 1 is 1.70 bits per heavy atom. The maximum absolute atomic E-state index is 8.11. The van der Waals surface area contributed by atoms with Crippen molar-refractivity contribution in [1.82, 2.24) is 0 Å². The zero-order valence-corrected chi connectivity index (χ0v) is 6.58. The standard InChI is InChI=1S/C4H8O.C3H8O2/c1-2-4-3-5-4;1-3(5)2-4/h4H,2-3H2,1H3;3-5H,2H2,1H3. The van der Waals surface area contributed by atoms with Gasteiger partial charge in [0.1, 0.15) is 0 Å². The van der Waals surface area contributed by atoms with Gasteiger partial charge in [-0.3, -0.25) is 0 Å². The first-order valence-corrected chi connectivity index (χ1v) is 3.61. The van der Waals surface area contributed by atoms with Crippen molar-refractivity contribution in [2.24, 2.45) is 0 Å². The lowest BCUT2D eigenvalue weighted by molar-refractivity contribution is 0.110. The quantitative estimate of drug-likeness (QED) is 0.548. The summed E-state index contributed by atoms with van der Waals surface area (Å²) in [6, 6.07) is 0. The van der Waals surface area contributed by atoms with E-state index in [1.165, 1.54) is 13.3 Å². The SMILES string of the molecule is CC(O)CO.CCC1CO1. The van der Waals surface area contributed by atoms with Crippen LogP contribution in [0.1, 0.15) is 20.3 Å². The van der Waals surface area contributed by atoms with E-state index in [0.29, 0.717) is 6.10 Å². The van der Waals surface area contributed by atoms with Crippen molar-refractivity contribution < 1.29 is 14.9 Å². The Labute approximate surface area is 61.6 Å². The van der Waals surface area contributed by atoms with E-state index in [0.717, 1.165) is 6.61 Å². The molecule has 10 heavy (non-hydrogen) atoms. The molecule has 0 amide bonds. The normalized spacial score (nSPS) is 24.6. The highest BCUT2D eigenvalue weighted by molar-refractivity contribution is 4.64. The molecular weight excluding hydrogens is 132 g/mol. The summed E-state index contributed by atoms with van der Waals surface area (Å²) < 4.78 is 4.86. The van der Waals surface area contributed by atoms with Crippen LogP contribution in [0.15, 0.2) is 0 Å². The maximum atomic E-state index is 8.11. The summed E-state index contributed by atoms with van der Waals surface area (Å²) >= 11 is 0. The van der Waals surface area contributed by atoms with Gasteiger partial charge >= 0.3 is 0 Å². The molecule has 3 heteroatoms. The largest absolute Gasteiger partial charge is 0.394 e. The minimum absolute atomic E-state index is 0.139. The van der Waals surface area contributed by atoms with Gasteiger partial charge in [0, 0.05) is 0 Å². The van der Waals surface area contributed by atoms with Gasteiger partial charge in [-0.1, -0.05) is 6.92 Å². The molecule has 62 valence electrons. The second-order valence-electron chi connectivity index (χ2n) is 2.40. The van der Waals surface area contributed by atoms with Gasteiger partial charge in [0.05, 0.1) is 25.4 Å². The molecular formula is C7H16O3. The molecule has 2 N–H and O–H groups in total. The van der Waals surface area contributed by atoms with Crippen LogP contribution in [-0.2, 0) is 4.74 Å². The number of aliphatic hydroxyl groups is 2. The first-order valence-electron chi connectivity index (χ1n) is 3.61. The lowest BCUT2D eigenvalue weighted by atomic mass is 10.4. The molecule has 1 aliphatic rings. The van der Waals surface area contributed by atoms with Gasteiger partial charge in [-0.05, 0) is 13.3 Å². The average molecular weight is 148 g/mol. The van der Waals surface area contributed by atoms with Crippen molar-refractivity contribution in [2.75, 3.05) is 13.2 Å². The maximum Gasteiger partial charge on any atom is 0.0807 e. The third-order valence-electron chi connectivity index (χ3n) is 1.12. The highest BCUT2D eigenvalue weighted by atomic mass is 16.6. The van der Waals surface area contributed by atoms with Gasteiger partial charge < -0.3 is 14.9 Å². The molecule has 1 saturated heterocycles. The number of aliphatic hydroxyl groups excluding tert-OH is 2. The monoisotopic (exact) mass is 148 g/mol. The molecule has 1 heterocycles. The summed E-state index contributed by atoms with van der Waals surface area (Å²) in [4.78, 5) is 0. The van der Waals surface area contributed by atoms with E-state index in [2.05, 4.69) is 6.92 Å².